The fraction of sp³-hybridized carbons (Fsp3) is 0.300. The second-order valence-electron chi connectivity index (χ2n) is 2.83. The van der Waals surface area contributed by atoms with Crippen LogP contribution < -0.4 is 5.73 Å². The van der Waals surface area contributed by atoms with Crippen LogP contribution in [-0.2, 0) is 0 Å². The average Bonchev–Trinajstić information content (AvgIpc) is 2.19. The van der Waals surface area contributed by atoms with Crippen molar-refractivity contribution in [3.63, 3.8) is 0 Å². The van der Waals surface area contributed by atoms with Crippen molar-refractivity contribution in [1.82, 2.24) is 0 Å². The van der Waals surface area contributed by atoms with Gasteiger partial charge in [0.2, 0.25) is 0 Å². The first kappa shape index (κ1) is 11.2. The largest absolute Gasteiger partial charge is 0.398 e. The van der Waals surface area contributed by atoms with Crippen molar-refractivity contribution >= 4 is 29.1 Å². The average molecular weight is 227 g/mol. The highest BCUT2D eigenvalue weighted by atomic mass is 35.5. The summed E-state index contributed by atoms with van der Waals surface area (Å²) in [6.07, 6.45) is 0.823. The first-order valence-corrected chi connectivity index (χ1v) is 5.54. The Kier molecular flexibility index (Phi) is 4.12. The summed E-state index contributed by atoms with van der Waals surface area (Å²) in [5, 5.41) is 9.31. The molecule has 0 saturated carbocycles. The van der Waals surface area contributed by atoms with Gasteiger partial charge in [-0.2, -0.15) is 5.26 Å². The van der Waals surface area contributed by atoms with Gasteiger partial charge in [-0.05, 0) is 24.6 Å². The van der Waals surface area contributed by atoms with Gasteiger partial charge < -0.3 is 5.73 Å². The Hall–Kier alpha value is -0.850. The van der Waals surface area contributed by atoms with Crippen LogP contribution in [0.3, 0.4) is 0 Å². The summed E-state index contributed by atoms with van der Waals surface area (Å²) >= 11 is 7.37. The smallest absolute Gasteiger partial charge is 0.0961 e. The zero-order valence-electron chi connectivity index (χ0n) is 7.83. The Morgan fingerprint density at radius 2 is 2.36 bits per heavy atom. The van der Waals surface area contributed by atoms with Crippen LogP contribution in [0.2, 0.25) is 5.02 Å². The molecule has 0 aliphatic carbocycles. The standard InChI is InChI=1S/C10H11ClN2S/c1-2-7(6-12)14-8-3-4-10(13)9(11)5-8/h3-5,7H,2,13H2,1H3. The molecular weight excluding hydrogens is 216 g/mol. The SMILES string of the molecule is CCC(C#N)Sc1ccc(N)c(Cl)c1. The van der Waals surface area contributed by atoms with E-state index >= 15 is 0 Å². The summed E-state index contributed by atoms with van der Waals surface area (Å²) in [6, 6.07) is 7.66. The van der Waals surface area contributed by atoms with Gasteiger partial charge in [0.25, 0.3) is 0 Å². The minimum atomic E-state index is -0.0188. The molecule has 0 radical (unpaired) electrons. The van der Waals surface area contributed by atoms with E-state index in [2.05, 4.69) is 6.07 Å². The number of nitrogen functional groups attached to an aromatic ring is 1. The fourth-order valence-corrected chi connectivity index (χ4v) is 2.07. The van der Waals surface area contributed by atoms with Gasteiger partial charge in [0.15, 0.2) is 0 Å². The molecule has 14 heavy (non-hydrogen) atoms. The number of nitrogens with zero attached hydrogens (tertiary/aromatic N) is 1. The van der Waals surface area contributed by atoms with Crippen molar-refractivity contribution in [3.8, 4) is 6.07 Å². The predicted octanol–water partition coefficient (Wildman–Crippen LogP) is 3.32. The van der Waals surface area contributed by atoms with Gasteiger partial charge in [-0.15, -0.1) is 11.8 Å². The third-order valence-corrected chi connectivity index (χ3v) is 3.34. The number of anilines is 1. The number of thioether (sulfide) groups is 1. The van der Waals surface area contributed by atoms with Gasteiger partial charge >= 0.3 is 0 Å². The third-order valence-electron chi connectivity index (χ3n) is 1.77. The van der Waals surface area contributed by atoms with E-state index in [1.807, 2.05) is 13.0 Å². The Bertz CT molecular complexity index is 360. The van der Waals surface area contributed by atoms with Crippen molar-refractivity contribution in [2.75, 3.05) is 5.73 Å². The quantitative estimate of drug-likeness (QED) is 0.636. The highest BCUT2D eigenvalue weighted by molar-refractivity contribution is 8.00. The molecule has 0 aromatic heterocycles. The second-order valence-corrected chi connectivity index (χ2v) is 4.51. The molecule has 0 aliphatic rings. The zero-order chi connectivity index (χ0) is 10.6. The van der Waals surface area contributed by atoms with Gasteiger partial charge in [-0.25, -0.2) is 0 Å². The first-order valence-electron chi connectivity index (χ1n) is 4.28. The van der Waals surface area contributed by atoms with E-state index in [-0.39, 0.29) is 5.25 Å². The molecule has 1 unspecified atom stereocenters. The molecule has 1 atom stereocenters. The molecule has 4 heteroatoms. The van der Waals surface area contributed by atoms with Gasteiger partial charge in [-0.1, -0.05) is 18.5 Å². The van der Waals surface area contributed by atoms with Crippen molar-refractivity contribution < 1.29 is 0 Å². The third kappa shape index (κ3) is 2.83. The van der Waals surface area contributed by atoms with Crippen LogP contribution in [0.1, 0.15) is 13.3 Å². The number of rotatable bonds is 3. The normalized spacial score (nSPS) is 12.1. The number of hydrogen-bond donors (Lipinski definition) is 1. The minimum Gasteiger partial charge on any atom is -0.398 e. The van der Waals surface area contributed by atoms with Crippen molar-refractivity contribution in [1.29, 1.82) is 5.26 Å². The van der Waals surface area contributed by atoms with E-state index < -0.39 is 0 Å². The number of nitriles is 1. The van der Waals surface area contributed by atoms with Gasteiger partial charge in [-0.3, -0.25) is 0 Å². The summed E-state index contributed by atoms with van der Waals surface area (Å²) in [4.78, 5) is 0.984. The molecule has 2 nitrogen and oxygen atoms in total. The maximum absolute atomic E-state index is 8.78. The van der Waals surface area contributed by atoms with Crippen LogP contribution in [-0.4, -0.2) is 5.25 Å². The Labute approximate surface area is 93.1 Å². The molecule has 0 heterocycles. The summed E-state index contributed by atoms with van der Waals surface area (Å²) in [6.45, 7) is 1.99. The van der Waals surface area contributed by atoms with Gasteiger partial charge in [0.1, 0.15) is 0 Å². The molecule has 0 amide bonds. The molecule has 2 N–H and O–H groups in total. The number of nitrogens with two attached hydrogens (primary N) is 1. The predicted molar refractivity (Wildman–Crippen MR) is 61.4 cm³/mol. The van der Waals surface area contributed by atoms with Gasteiger partial charge in [0, 0.05) is 4.90 Å². The molecule has 1 aromatic rings. The van der Waals surface area contributed by atoms with Gasteiger partial charge in [0.05, 0.1) is 22.0 Å². The lowest BCUT2D eigenvalue weighted by molar-refractivity contribution is 0.985. The second kappa shape index (κ2) is 5.14. The van der Waals surface area contributed by atoms with Crippen LogP contribution in [0.4, 0.5) is 5.69 Å². The maximum Gasteiger partial charge on any atom is 0.0961 e. The van der Waals surface area contributed by atoms with E-state index in [0.29, 0.717) is 10.7 Å². The van der Waals surface area contributed by atoms with Crippen LogP contribution in [0.25, 0.3) is 0 Å². The highest BCUT2D eigenvalue weighted by Gasteiger charge is 2.07. The summed E-state index contributed by atoms with van der Waals surface area (Å²) in [5.41, 5.74) is 6.15. The monoisotopic (exact) mass is 226 g/mol. The number of hydrogen-bond acceptors (Lipinski definition) is 3. The fourth-order valence-electron chi connectivity index (χ4n) is 0.946. The van der Waals surface area contributed by atoms with E-state index in [9.17, 15) is 0 Å². The van der Waals surface area contributed by atoms with E-state index in [0.717, 1.165) is 11.3 Å². The van der Waals surface area contributed by atoms with E-state index in [1.165, 1.54) is 11.8 Å². The Balaban J connectivity index is 2.78. The Morgan fingerprint density at radius 1 is 1.64 bits per heavy atom. The summed E-state index contributed by atoms with van der Waals surface area (Å²) in [7, 11) is 0. The zero-order valence-corrected chi connectivity index (χ0v) is 9.40. The molecule has 74 valence electrons. The van der Waals surface area contributed by atoms with E-state index in [1.54, 1.807) is 12.1 Å². The van der Waals surface area contributed by atoms with Crippen LogP contribution in [0, 0.1) is 11.3 Å². The summed E-state index contributed by atoms with van der Waals surface area (Å²) < 4.78 is 0. The molecule has 1 rings (SSSR count). The molecule has 0 bridgehead atoms. The van der Waals surface area contributed by atoms with Crippen LogP contribution in [0.15, 0.2) is 23.1 Å². The minimum absolute atomic E-state index is 0.0188. The summed E-state index contributed by atoms with van der Waals surface area (Å²) in [5.74, 6) is 0. The lowest BCUT2D eigenvalue weighted by Crippen LogP contribution is -1.95. The van der Waals surface area contributed by atoms with Crippen molar-refractivity contribution in [2.24, 2.45) is 0 Å². The van der Waals surface area contributed by atoms with Crippen molar-refractivity contribution in [3.05, 3.63) is 23.2 Å². The molecule has 0 saturated heterocycles. The molecular formula is C10H11ClN2S. The molecule has 1 aromatic carbocycles. The van der Waals surface area contributed by atoms with Crippen LogP contribution in [0.5, 0.6) is 0 Å². The molecule has 0 aliphatic heterocycles. The van der Waals surface area contributed by atoms with Crippen molar-refractivity contribution in [2.45, 2.75) is 23.5 Å². The van der Waals surface area contributed by atoms with Crippen LogP contribution >= 0.6 is 23.4 Å². The lowest BCUT2D eigenvalue weighted by atomic mass is 10.3. The van der Waals surface area contributed by atoms with E-state index in [4.69, 9.17) is 22.6 Å². The highest BCUT2D eigenvalue weighted by Crippen LogP contribution is 2.29. The Morgan fingerprint density at radius 3 is 2.86 bits per heavy atom. The number of halogens is 1. The molecule has 0 fully saturated rings. The number of benzene rings is 1. The molecule has 0 spiro atoms. The first-order chi connectivity index (χ1) is 6.67. The lowest BCUT2D eigenvalue weighted by Gasteiger charge is -2.06. The topological polar surface area (TPSA) is 49.8 Å². The maximum atomic E-state index is 8.78.